The molecular formula is C20H18BrNSe. The van der Waals surface area contributed by atoms with Crippen molar-refractivity contribution < 1.29 is 0 Å². The zero-order valence-corrected chi connectivity index (χ0v) is 16.0. The summed E-state index contributed by atoms with van der Waals surface area (Å²) in [4.78, 5) is 0. The maximum atomic E-state index is 3.69. The second-order valence-corrected chi connectivity index (χ2v) is 8.45. The van der Waals surface area contributed by atoms with Gasteiger partial charge in [0, 0.05) is 0 Å². The average Bonchev–Trinajstić information content (AvgIpc) is 2.62. The number of hydrogen-bond donors (Lipinski definition) is 1. The fourth-order valence-corrected chi connectivity index (χ4v) is 4.68. The van der Waals surface area contributed by atoms with Gasteiger partial charge in [0.1, 0.15) is 0 Å². The van der Waals surface area contributed by atoms with Gasteiger partial charge < -0.3 is 0 Å². The van der Waals surface area contributed by atoms with E-state index in [4.69, 9.17) is 0 Å². The molecule has 1 atom stereocenters. The number of halogens is 1. The van der Waals surface area contributed by atoms with Gasteiger partial charge in [-0.15, -0.1) is 0 Å². The average molecular weight is 431 g/mol. The number of rotatable bonds is 6. The Labute approximate surface area is 152 Å². The molecule has 116 valence electrons. The molecule has 0 amide bonds. The molecule has 3 heteroatoms. The molecule has 0 aliphatic heterocycles. The van der Waals surface area contributed by atoms with Gasteiger partial charge in [-0.3, -0.25) is 0 Å². The molecule has 0 saturated carbocycles. The zero-order valence-electron chi connectivity index (χ0n) is 12.7. The Morgan fingerprint density at radius 3 is 2.04 bits per heavy atom. The Balaban J connectivity index is 1.75. The van der Waals surface area contributed by atoms with E-state index in [1.807, 2.05) is 0 Å². The quantitative estimate of drug-likeness (QED) is 0.539. The third-order valence-corrected chi connectivity index (χ3v) is 6.40. The number of anilines is 1. The summed E-state index contributed by atoms with van der Waals surface area (Å²) in [6, 6.07) is 30.2. The van der Waals surface area contributed by atoms with Gasteiger partial charge in [0.2, 0.25) is 0 Å². The molecular weight excluding hydrogens is 413 g/mol. The van der Waals surface area contributed by atoms with Crippen LogP contribution in [0.5, 0.6) is 0 Å². The third kappa shape index (κ3) is 4.97. The Bertz CT molecular complexity index is 714. The molecule has 1 N–H and O–H groups in total. The van der Waals surface area contributed by atoms with E-state index in [1.54, 1.807) is 0 Å². The zero-order chi connectivity index (χ0) is 15.9. The first-order valence-electron chi connectivity index (χ1n) is 7.56. The minimum absolute atomic E-state index is 0.331. The molecule has 1 unspecified atom stereocenters. The first-order valence-corrected chi connectivity index (χ1v) is 10.4. The molecule has 3 rings (SSSR count). The fourth-order valence-electron chi connectivity index (χ4n) is 2.35. The van der Waals surface area contributed by atoms with Crippen LogP contribution >= 0.6 is 15.9 Å². The van der Waals surface area contributed by atoms with Crippen LogP contribution in [0.1, 0.15) is 11.6 Å². The van der Waals surface area contributed by atoms with Crippen LogP contribution in [0.4, 0.5) is 5.69 Å². The van der Waals surface area contributed by atoms with E-state index in [9.17, 15) is 0 Å². The maximum absolute atomic E-state index is 3.69. The van der Waals surface area contributed by atoms with Gasteiger partial charge in [0.05, 0.1) is 0 Å². The monoisotopic (exact) mass is 431 g/mol. The van der Waals surface area contributed by atoms with Crippen molar-refractivity contribution in [3.63, 3.8) is 0 Å². The molecule has 0 aliphatic carbocycles. The molecule has 0 fully saturated rings. The molecule has 3 aromatic carbocycles. The molecule has 0 radical (unpaired) electrons. The normalized spacial score (nSPS) is 11.9. The Hall–Kier alpha value is -1.54. The van der Waals surface area contributed by atoms with Crippen molar-refractivity contribution in [1.29, 1.82) is 0 Å². The van der Waals surface area contributed by atoms with Crippen LogP contribution in [0.3, 0.4) is 0 Å². The predicted octanol–water partition coefficient (Wildman–Crippen LogP) is 5.05. The molecule has 0 heterocycles. The number of hydrogen-bond acceptors (Lipinski definition) is 1. The van der Waals surface area contributed by atoms with E-state index >= 15 is 0 Å². The molecule has 1 nitrogen and oxygen atoms in total. The topological polar surface area (TPSA) is 12.0 Å². The van der Waals surface area contributed by atoms with Gasteiger partial charge in [-0.1, -0.05) is 0 Å². The van der Waals surface area contributed by atoms with E-state index in [1.165, 1.54) is 10.0 Å². The van der Waals surface area contributed by atoms with Crippen molar-refractivity contribution in [3.8, 4) is 0 Å². The Morgan fingerprint density at radius 1 is 0.783 bits per heavy atom. The SMILES string of the molecule is Brc1ccc(NC(C[Se]c2ccccc2)c2ccccc2)cc1. The van der Waals surface area contributed by atoms with E-state index in [0.29, 0.717) is 21.0 Å². The van der Waals surface area contributed by atoms with Crippen molar-refractivity contribution in [2.45, 2.75) is 11.4 Å². The predicted molar refractivity (Wildman–Crippen MR) is 104 cm³/mol. The van der Waals surface area contributed by atoms with Gasteiger partial charge in [-0.25, -0.2) is 0 Å². The van der Waals surface area contributed by atoms with Crippen LogP contribution in [0.2, 0.25) is 5.32 Å². The van der Waals surface area contributed by atoms with Gasteiger partial charge in [-0.05, 0) is 0 Å². The molecule has 0 bridgehead atoms. The Kier molecular flexibility index (Phi) is 5.93. The van der Waals surface area contributed by atoms with Crippen molar-refractivity contribution in [2.24, 2.45) is 0 Å². The second-order valence-electron chi connectivity index (χ2n) is 5.24. The second kappa shape index (κ2) is 8.35. The standard InChI is InChI=1S/C20H18BrNSe/c21-17-11-13-18(14-12-17)22-20(16-7-3-1-4-8-16)15-23-19-9-5-2-6-10-19/h1-14,20,22H,15H2. The number of benzene rings is 3. The van der Waals surface area contributed by atoms with Crippen LogP contribution in [-0.4, -0.2) is 15.0 Å². The minimum atomic E-state index is 0.331. The fraction of sp³-hybridized carbons (Fsp3) is 0.100. The summed E-state index contributed by atoms with van der Waals surface area (Å²) < 4.78 is 2.55. The summed E-state index contributed by atoms with van der Waals surface area (Å²) >= 11 is 3.94. The Morgan fingerprint density at radius 2 is 1.39 bits per heavy atom. The van der Waals surface area contributed by atoms with E-state index in [2.05, 4.69) is 106 Å². The van der Waals surface area contributed by atoms with E-state index < -0.39 is 0 Å². The first kappa shape index (κ1) is 16.3. The van der Waals surface area contributed by atoms with E-state index in [-0.39, 0.29) is 0 Å². The third-order valence-electron chi connectivity index (χ3n) is 3.55. The van der Waals surface area contributed by atoms with Crippen molar-refractivity contribution in [1.82, 2.24) is 0 Å². The van der Waals surface area contributed by atoms with Crippen molar-refractivity contribution >= 4 is 41.0 Å². The summed E-state index contributed by atoms with van der Waals surface area (Å²) in [6.45, 7) is 0. The van der Waals surface area contributed by atoms with Crippen LogP contribution in [0.15, 0.2) is 89.4 Å². The molecule has 23 heavy (non-hydrogen) atoms. The summed E-state index contributed by atoms with van der Waals surface area (Å²) in [6.07, 6.45) is 0. The van der Waals surface area contributed by atoms with Gasteiger partial charge in [-0.2, -0.15) is 0 Å². The first-order chi connectivity index (χ1) is 11.3. The van der Waals surface area contributed by atoms with Gasteiger partial charge >= 0.3 is 153 Å². The van der Waals surface area contributed by atoms with Crippen molar-refractivity contribution in [3.05, 3.63) is 95.0 Å². The van der Waals surface area contributed by atoms with Crippen LogP contribution < -0.4 is 9.78 Å². The molecule has 0 saturated heterocycles. The van der Waals surface area contributed by atoms with Crippen molar-refractivity contribution in [2.75, 3.05) is 5.32 Å². The van der Waals surface area contributed by atoms with Crippen LogP contribution in [0, 0.1) is 0 Å². The molecule has 0 aromatic heterocycles. The van der Waals surface area contributed by atoms with Crippen LogP contribution in [0.25, 0.3) is 0 Å². The summed E-state index contributed by atoms with van der Waals surface area (Å²) in [5, 5.41) is 4.81. The van der Waals surface area contributed by atoms with Crippen LogP contribution in [-0.2, 0) is 0 Å². The molecule has 0 spiro atoms. The molecule has 3 aromatic rings. The van der Waals surface area contributed by atoms with E-state index in [0.717, 1.165) is 15.5 Å². The van der Waals surface area contributed by atoms with Gasteiger partial charge in [0.15, 0.2) is 0 Å². The summed E-state index contributed by atoms with van der Waals surface area (Å²) in [7, 11) is 0. The number of nitrogens with one attached hydrogen (secondary N) is 1. The van der Waals surface area contributed by atoms with Gasteiger partial charge in [0.25, 0.3) is 0 Å². The molecule has 0 aliphatic rings. The summed E-state index contributed by atoms with van der Waals surface area (Å²) in [5.41, 5.74) is 2.50. The summed E-state index contributed by atoms with van der Waals surface area (Å²) in [5.74, 6) is 0.